The maximum Gasteiger partial charge on any atom is 0.242 e. The van der Waals surface area contributed by atoms with E-state index in [9.17, 15) is 9.90 Å². The van der Waals surface area contributed by atoms with Gasteiger partial charge in [0.05, 0.1) is 16.8 Å². The Hall–Kier alpha value is -1.26. The van der Waals surface area contributed by atoms with E-state index in [1.54, 1.807) is 13.0 Å². The van der Waals surface area contributed by atoms with Crippen molar-refractivity contribution in [1.82, 2.24) is 5.32 Å². The van der Waals surface area contributed by atoms with Crippen molar-refractivity contribution in [2.24, 2.45) is 0 Å². The number of halogens is 1. The summed E-state index contributed by atoms with van der Waals surface area (Å²) in [5.74, 6) is 0.0110. The lowest BCUT2D eigenvalue weighted by Crippen LogP contribution is -2.54. The molecule has 1 heterocycles. The molecule has 2 atom stereocenters. The number of anilines is 1. The van der Waals surface area contributed by atoms with E-state index in [1.165, 1.54) is 0 Å². The van der Waals surface area contributed by atoms with Crippen molar-refractivity contribution in [1.29, 1.82) is 0 Å². The summed E-state index contributed by atoms with van der Waals surface area (Å²) >= 11 is 6.24. The van der Waals surface area contributed by atoms with Crippen LogP contribution in [-0.4, -0.2) is 30.1 Å². The minimum absolute atomic E-state index is 0.0110. The first-order chi connectivity index (χ1) is 8.50. The van der Waals surface area contributed by atoms with E-state index in [1.807, 2.05) is 24.0 Å². The minimum atomic E-state index is -0.543. The standard InChI is InChI=1S/C13H17ClN2O2/c1-8-13(18)15-5-6-16(8)12-4-3-10(9(2)17)7-11(12)14/h3-4,7-9,17H,5-6H2,1-2H3,(H,15,18)/t8?,9-/m1/s1. The molecule has 0 aliphatic carbocycles. The van der Waals surface area contributed by atoms with Crippen molar-refractivity contribution in [3.63, 3.8) is 0 Å². The van der Waals surface area contributed by atoms with E-state index in [4.69, 9.17) is 11.6 Å². The van der Waals surface area contributed by atoms with Crippen LogP contribution in [0.3, 0.4) is 0 Å². The van der Waals surface area contributed by atoms with Crippen LogP contribution < -0.4 is 10.2 Å². The molecule has 0 radical (unpaired) electrons. The molecule has 1 aromatic rings. The minimum Gasteiger partial charge on any atom is -0.389 e. The third-order valence-electron chi connectivity index (χ3n) is 3.26. The Labute approximate surface area is 112 Å². The Morgan fingerprint density at radius 3 is 2.89 bits per heavy atom. The van der Waals surface area contributed by atoms with Crippen LogP contribution in [0.2, 0.25) is 5.02 Å². The number of aliphatic hydroxyl groups is 1. The first-order valence-electron chi connectivity index (χ1n) is 6.02. The predicted molar refractivity (Wildman–Crippen MR) is 71.9 cm³/mol. The van der Waals surface area contributed by atoms with Gasteiger partial charge in [0.25, 0.3) is 0 Å². The zero-order valence-corrected chi connectivity index (χ0v) is 11.2. The van der Waals surface area contributed by atoms with Crippen molar-refractivity contribution >= 4 is 23.2 Å². The highest BCUT2D eigenvalue weighted by molar-refractivity contribution is 6.33. The van der Waals surface area contributed by atoms with Crippen LogP contribution in [0.1, 0.15) is 25.5 Å². The second-order valence-corrected chi connectivity index (χ2v) is 4.95. The summed E-state index contributed by atoms with van der Waals surface area (Å²) in [5.41, 5.74) is 1.61. The predicted octanol–water partition coefficient (Wildman–Crippen LogP) is 1.72. The molecule has 18 heavy (non-hydrogen) atoms. The van der Waals surface area contributed by atoms with Crippen LogP contribution in [0, 0.1) is 0 Å². The van der Waals surface area contributed by atoms with Crippen LogP contribution >= 0.6 is 11.6 Å². The number of hydrogen-bond acceptors (Lipinski definition) is 3. The van der Waals surface area contributed by atoms with E-state index >= 15 is 0 Å². The molecule has 1 unspecified atom stereocenters. The van der Waals surface area contributed by atoms with Gasteiger partial charge in [-0.3, -0.25) is 4.79 Å². The van der Waals surface area contributed by atoms with Crippen LogP contribution in [0.5, 0.6) is 0 Å². The third kappa shape index (κ3) is 2.44. The number of nitrogens with one attached hydrogen (secondary N) is 1. The molecule has 1 aliphatic heterocycles. The quantitative estimate of drug-likeness (QED) is 0.859. The van der Waals surface area contributed by atoms with Gasteiger partial charge >= 0.3 is 0 Å². The van der Waals surface area contributed by atoms with E-state index in [-0.39, 0.29) is 11.9 Å². The number of carbonyl (C=O) groups excluding carboxylic acids is 1. The molecular formula is C13H17ClN2O2. The summed E-state index contributed by atoms with van der Waals surface area (Å²) in [6, 6.07) is 5.22. The van der Waals surface area contributed by atoms with Crippen molar-refractivity contribution in [3.8, 4) is 0 Å². The van der Waals surface area contributed by atoms with Gasteiger partial charge in [0.15, 0.2) is 0 Å². The van der Waals surface area contributed by atoms with Gasteiger partial charge in [-0.2, -0.15) is 0 Å². The molecule has 2 rings (SSSR count). The van der Waals surface area contributed by atoms with Gasteiger partial charge in [-0.05, 0) is 31.5 Å². The van der Waals surface area contributed by atoms with Gasteiger partial charge in [0.2, 0.25) is 5.91 Å². The molecule has 0 bridgehead atoms. The van der Waals surface area contributed by atoms with E-state index in [2.05, 4.69) is 5.32 Å². The van der Waals surface area contributed by atoms with Crippen LogP contribution in [0.15, 0.2) is 18.2 Å². The van der Waals surface area contributed by atoms with Gasteiger partial charge in [0, 0.05) is 13.1 Å². The summed E-state index contributed by atoms with van der Waals surface area (Å²) in [6.45, 7) is 4.91. The van der Waals surface area contributed by atoms with Gasteiger partial charge in [-0.25, -0.2) is 0 Å². The number of nitrogens with zero attached hydrogens (tertiary/aromatic N) is 1. The van der Waals surface area contributed by atoms with Gasteiger partial charge in [-0.15, -0.1) is 0 Å². The summed E-state index contributed by atoms with van der Waals surface area (Å²) < 4.78 is 0. The zero-order valence-electron chi connectivity index (χ0n) is 10.5. The van der Waals surface area contributed by atoms with Crippen molar-refractivity contribution in [2.45, 2.75) is 26.0 Å². The lowest BCUT2D eigenvalue weighted by molar-refractivity contribution is -0.122. The molecule has 1 aliphatic rings. The smallest absolute Gasteiger partial charge is 0.242 e. The fourth-order valence-electron chi connectivity index (χ4n) is 2.13. The molecule has 5 heteroatoms. The number of aliphatic hydroxyl groups excluding tert-OH is 1. The molecule has 1 amide bonds. The Bertz CT molecular complexity index is 462. The number of hydrogen-bond donors (Lipinski definition) is 2. The average Bonchev–Trinajstić information content (AvgIpc) is 2.33. The fourth-order valence-corrected chi connectivity index (χ4v) is 2.43. The third-order valence-corrected chi connectivity index (χ3v) is 3.57. The number of rotatable bonds is 2. The van der Waals surface area contributed by atoms with Gasteiger partial charge in [0.1, 0.15) is 6.04 Å². The number of amides is 1. The first-order valence-corrected chi connectivity index (χ1v) is 6.40. The Morgan fingerprint density at radius 2 is 2.28 bits per heavy atom. The van der Waals surface area contributed by atoms with Crippen molar-refractivity contribution in [2.75, 3.05) is 18.0 Å². The average molecular weight is 269 g/mol. The number of piperazine rings is 1. The lowest BCUT2D eigenvalue weighted by Gasteiger charge is -2.35. The van der Waals surface area contributed by atoms with Gasteiger partial charge < -0.3 is 15.3 Å². The normalized spacial score (nSPS) is 21.7. The lowest BCUT2D eigenvalue weighted by atomic mass is 10.1. The molecule has 1 fully saturated rings. The van der Waals surface area contributed by atoms with Crippen LogP contribution in [-0.2, 0) is 4.79 Å². The molecular weight excluding hydrogens is 252 g/mol. The molecule has 0 aromatic heterocycles. The SMILES string of the molecule is CC1C(=O)NCCN1c1ccc([C@@H](C)O)cc1Cl. The monoisotopic (exact) mass is 268 g/mol. The maximum atomic E-state index is 11.6. The van der Waals surface area contributed by atoms with Crippen LogP contribution in [0.4, 0.5) is 5.69 Å². The molecule has 0 saturated carbocycles. The molecule has 98 valence electrons. The van der Waals surface area contributed by atoms with Gasteiger partial charge in [-0.1, -0.05) is 17.7 Å². The molecule has 1 saturated heterocycles. The Balaban J connectivity index is 2.30. The van der Waals surface area contributed by atoms with E-state index in [0.717, 1.165) is 17.8 Å². The molecule has 2 N–H and O–H groups in total. The van der Waals surface area contributed by atoms with Crippen LogP contribution in [0.25, 0.3) is 0 Å². The highest BCUT2D eigenvalue weighted by Gasteiger charge is 2.26. The summed E-state index contributed by atoms with van der Waals surface area (Å²) in [6.07, 6.45) is -0.543. The van der Waals surface area contributed by atoms with E-state index in [0.29, 0.717) is 11.6 Å². The first kappa shape index (κ1) is 13.2. The molecule has 4 nitrogen and oxygen atoms in total. The summed E-state index contributed by atoms with van der Waals surface area (Å²) in [7, 11) is 0. The summed E-state index contributed by atoms with van der Waals surface area (Å²) in [4.78, 5) is 13.6. The second kappa shape index (κ2) is 5.16. The van der Waals surface area contributed by atoms with E-state index < -0.39 is 6.10 Å². The Kier molecular flexibility index (Phi) is 3.78. The highest BCUT2D eigenvalue weighted by atomic mass is 35.5. The maximum absolute atomic E-state index is 11.6. The van der Waals surface area contributed by atoms with Crippen molar-refractivity contribution < 1.29 is 9.90 Å². The fraction of sp³-hybridized carbons (Fsp3) is 0.462. The van der Waals surface area contributed by atoms with Crippen molar-refractivity contribution in [3.05, 3.63) is 28.8 Å². The molecule has 1 aromatic carbocycles. The highest BCUT2D eigenvalue weighted by Crippen LogP contribution is 2.30. The second-order valence-electron chi connectivity index (χ2n) is 4.55. The molecule has 0 spiro atoms. The zero-order chi connectivity index (χ0) is 13.3. The largest absolute Gasteiger partial charge is 0.389 e. The number of benzene rings is 1. The summed E-state index contributed by atoms with van der Waals surface area (Å²) in [5, 5.41) is 12.9. The topological polar surface area (TPSA) is 52.6 Å². The number of carbonyl (C=O) groups is 1. The Morgan fingerprint density at radius 1 is 1.56 bits per heavy atom.